The third-order valence-corrected chi connectivity index (χ3v) is 6.25. The van der Waals surface area contributed by atoms with Crippen LogP contribution in [0.25, 0.3) is 0 Å². The van der Waals surface area contributed by atoms with Gasteiger partial charge in [0.15, 0.2) is 11.5 Å². The summed E-state index contributed by atoms with van der Waals surface area (Å²) in [5.74, 6) is -0.268. The van der Waals surface area contributed by atoms with E-state index >= 15 is 0 Å². The fraction of sp³-hybridized carbons (Fsp3) is 0.478. The number of fused-ring (bicyclic) bond motifs is 1. The van der Waals surface area contributed by atoms with Crippen LogP contribution >= 0.6 is 0 Å². The summed E-state index contributed by atoms with van der Waals surface area (Å²) in [5, 5.41) is 13.4. The number of carbonyl (C=O) groups excluding carboxylic acids is 2. The number of phenols is 1. The van der Waals surface area contributed by atoms with Crippen molar-refractivity contribution in [1.82, 2.24) is 10.2 Å². The van der Waals surface area contributed by atoms with E-state index in [9.17, 15) is 14.7 Å². The number of hydrogen-bond acceptors (Lipinski definition) is 5. The number of methoxy groups -OCH3 is 1. The van der Waals surface area contributed by atoms with E-state index in [0.29, 0.717) is 24.2 Å². The smallest absolute Gasteiger partial charge is 0.252 e. The zero-order chi connectivity index (χ0) is 20.5. The number of allylic oxidation sites excluding steroid dienone is 3. The third-order valence-electron chi connectivity index (χ3n) is 6.25. The Balaban J connectivity index is 1.84. The summed E-state index contributed by atoms with van der Waals surface area (Å²) in [4.78, 5) is 28.5. The standard InChI is InChI=1S/C23H28N2O4/c1-14-20(23(28)25-11-4-3-5-12-25)21(15-9-10-17(26)19(13-15)29-2)22-16(24-14)7-6-8-18(22)27/h7,9-10,13,21-22,24,26H,3-6,8,11-12H2,1-2H3. The molecule has 1 amide bonds. The molecule has 2 heterocycles. The van der Waals surface area contributed by atoms with Crippen LogP contribution in [0.2, 0.25) is 0 Å². The molecule has 3 aliphatic rings. The Bertz CT molecular complexity index is 896. The van der Waals surface area contributed by atoms with Gasteiger partial charge in [0.1, 0.15) is 5.78 Å². The molecule has 0 aromatic heterocycles. The molecule has 2 N–H and O–H groups in total. The number of hydrogen-bond donors (Lipinski definition) is 2. The lowest BCUT2D eigenvalue weighted by Crippen LogP contribution is -2.45. The molecule has 29 heavy (non-hydrogen) atoms. The van der Waals surface area contributed by atoms with Gasteiger partial charge < -0.3 is 20.1 Å². The molecule has 0 bridgehead atoms. The molecule has 1 aromatic carbocycles. The number of ether oxygens (including phenoxy) is 1. The molecule has 2 atom stereocenters. The van der Waals surface area contributed by atoms with Crippen molar-refractivity contribution in [3.05, 3.63) is 46.8 Å². The Kier molecular flexibility index (Phi) is 5.35. The second-order valence-electron chi connectivity index (χ2n) is 8.07. The Morgan fingerprint density at radius 3 is 2.69 bits per heavy atom. The Labute approximate surface area is 171 Å². The minimum atomic E-state index is -0.412. The predicted molar refractivity (Wildman–Crippen MR) is 109 cm³/mol. The molecule has 1 aromatic rings. The van der Waals surface area contributed by atoms with Gasteiger partial charge in [-0.2, -0.15) is 0 Å². The molecule has 1 fully saturated rings. The van der Waals surface area contributed by atoms with Crippen molar-refractivity contribution in [2.45, 2.75) is 44.9 Å². The molecule has 1 saturated heterocycles. The highest BCUT2D eigenvalue weighted by molar-refractivity contribution is 5.99. The average molecular weight is 396 g/mol. The molecular formula is C23H28N2O4. The zero-order valence-corrected chi connectivity index (χ0v) is 17.0. The van der Waals surface area contributed by atoms with Crippen LogP contribution in [0.15, 0.2) is 41.2 Å². The molecule has 1 aliphatic carbocycles. The van der Waals surface area contributed by atoms with Crippen molar-refractivity contribution in [2.24, 2.45) is 5.92 Å². The molecule has 2 aliphatic heterocycles. The van der Waals surface area contributed by atoms with Gasteiger partial charge in [0.05, 0.1) is 13.0 Å². The Hall–Kier alpha value is -2.76. The van der Waals surface area contributed by atoms with Gasteiger partial charge in [-0.05, 0) is 50.3 Å². The lowest BCUT2D eigenvalue weighted by atomic mass is 9.70. The number of aromatic hydroxyl groups is 1. The number of Topliss-reactive ketones (excluding diaryl/α,β-unsaturated/α-hetero) is 1. The number of piperidine rings is 1. The third kappa shape index (κ3) is 3.52. The number of carbonyl (C=O) groups is 2. The lowest BCUT2D eigenvalue weighted by molar-refractivity contribution is -0.129. The molecule has 6 nitrogen and oxygen atoms in total. The van der Waals surface area contributed by atoms with Crippen molar-refractivity contribution in [3.8, 4) is 11.5 Å². The summed E-state index contributed by atoms with van der Waals surface area (Å²) in [6.07, 6.45) is 6.43. The summed E-state index contributed by atoms with van der Waals surface area (Å²) >= 11 is 0. The highest BCUT2D eigenvalue weighted by Crippen LogP contribution is 2.45. The highest BCUT2D eigenvalue weighted by Gasteiger charge is 2.44. The average Bonchev–Trinajstić information content (AvgIpc) is 2.73. The van der Waals surface area contributed by atoms with Gasteiger partial charge in [-0.15, -0.1) is 0 Å². The number of nitrogens with one attached hydrogen (secondary N) is 1. The molecule has 0 saturated carbocycles. The van der Waals surface area contributed by atoms with Crippen molar-refractivity contribution >= 4 is 11.7 Å². The normalized spacial score (nSPS) is 24.6. The number of phenolic OH excluding ortho intramolecular Hbond substituents is 1. The summed E-state index contributed by atoms with van der Waals surface area (Å²) in [6, 6.07) is 5.12. The van der Waals surface area contributed by atoms with E-state index in [1.54, 1.807) is 18.2 Å². The molecule has 0 radical (unpaired) electrons. The fourth-order valence-corrected chi connectivity index (χ4v) is 4.81. The maximum absolute atomic E-state index is 13.6. The van der Waals surface area contributed by atoms with Gasteiger partial charge >= 0.3 is 0 Å². The number of nitrogens with zero attached hydrogens (tertiary/aromatic N) is 1. The van der Waals surface area contributed by atoms with E-state index in [4.69, 9.17) is 4.74 Å². The van der Waals surface area contributed by atoms with E-state index in [-0.39, 0.29) is 23.4 Å². The van der Waals surface area contributed by atoms with Crippen LogP contribution in [0.3, 0.4) is 0 Å². The first-order valence-electron chi connectivity index (χ1n) is 10.4. The van der Waals surface area contributed by atoms with Crippen molar-refractivity contribution < 1.29 is 19.4 Å². The summed E-state index contributed by atoms with van der Waals surface area (Å²) in [6.45, 7) is 3.42. The molecular weight excluding hydrogens is 368 g/mol. The minimum Gasteiger partial charge on any atom is -0.504 e. The number of benzene rings is 1. The minimum absolute atomic E-state index is 0.00386. The second kappa shape index (κ2) is 7.93. The first-order valence-corrected chi connectivity index (χ1v) is 10.4. The number of likely N-dealkylation sites (tertiary alicyclic amines) is 1. The first-order chi connectivity index (χ1) is 14.0. The van der Waals surface area contributed by atoms with Crippen LogP contribution in [0.1, 0.15) is 50.5 Å². The predicted octanol–water partition coefficient (Wildman–Crippen LogP) is 3.24. The fourth-order valence-electron chi connectivity index (χ4n) is 4.81. The van der Waals surface area contributed by atoms with E-state index in [2.05, 4.69) is 11.4 Å². The van der Waals surface area contributed by atoms with Crippen LogP contribution in [0.4, 0.5) is 0 Å². The summed E-state index contributed by atoms with van der Waals surface area (Å²) in [7, 11) is 1.50. The van der Waals surface area contributed by atoms with Gasteiger partial charge in [-0.3, -0.25) is 9.59 Å². The number of ketones is 1. The molecule has 2 unspecified atom stereocenters. The van der Waals surface area contributed by atoms with Crippen LogP contribution in [0, 0.1) is 5.92 Å². The van der Waals surface area contributed by atoms with E-state index in [1.807, 2.05) is 11.8 Å². The van der Waals surface area contributed by atoms with Gasteiger partial charge in [0.25, 0.3) is 5.91 Å². The molecule has 4 rings (SSSR count). The maximum Gasteiger partial charge on any atom is 0.252 e. The number of amides is 1. The zero-order valence-electron chi connectivity index (χ0n) is 17.0. The van der Waals surface area contributed by atoms with Crippen LogP contribution in [-0.4, -0.2) is 41.9 Å². The molecule has 0 spiro atoms. The number of rotatable bonds is 3. The van der Waals surface area contributed by atoms with Gasteiger partial charge in [-0.1, -0.05) is 12.1 Å². The van der Waals surface area contributed by atoms with Crippen LogP contribution in [0.5, 0.6) is 11.5 Å². The van der Waals surface area contributed by atoms with E-state index in [1.165, 1.54) is 7.11 Å². The lowest BCUT2D eigenvalue weighted by Gasteiger charge is -2.40. The van der Waals surface area contributed by atoms with Crippen LogP contribution in [-0.2, 0) is 9.59 Å². The summed E-state index contributed by atoms with van der Waals surface area (Å²) in [5.41, 5.74) is 3.14. The maximum atomic E-state index is 13.6. The monoisotopic (exact) mass is 396 g/mol. The Morgan fingerprint density at radius 1 is 1.21 bits per heavy atom. The van der Waals surface area contributed by atoms with Gasteiger partial charge in [0, 0.05) is 42.4 Å². The Morgan fingerprint density at radius 2 is 1.97 bits per heavy atom. The van der Waals surface area contributed by atoms with Crippen LogP contribution < -0.4 is 10.1 Å². The van der Waals surface area contributed by atoms with Crippen molar-refractivity contribution in [1.29, 1.82) is 0 Å². The van der Waals surface area contributed by atoms with E-state index < -0.39 is 5.92 Å². The van der Waals surface area contributed by atoms with E-state index in [0.717, 1.165) is 49.3 Å². The molecule has 154 valence electrons. The topological polar surface area (TPSA) is 78.9 Å². The van der Waals surface area contributed by atoms with Crippen molar-refractivity contribution in [2.75, 3.05) is 20.2 Å². The quantitative estimate of drug-likeness (QED) is 0.820. The second-order valence-corrected chi connectivity index (χ2v) is 8.07. The summed E-state index contributed by atoms with van der Waals surface area (Å²) < 4.78 is 5.30. The van der Waals surface area contributed by atoms with Crippen molar-refractivity contribution in [3.63, 3.8) is 0 Å². The van der Waals surface area contributed by atoms with Gasteiger partial charge in [-0.25, -0.2) is 0 Å². The SMILES string of the molecule is COc1cc(C2C(C(=O)N3CCCCC3)=C(C)NC3=CCCC(=O)C32)ccc1O. The highest BCUT2D eigenvalue weighted by atomic mass is 16.5. The largest absolute Gasteiger partial charge is 0.504 e. The first kappa shape index (κ1) is 19.6. The van der Waals surface area contributed by atoms with Gasteiger partial charge in [0.2, 0.25) is 0 Å². The molecule has 6 heteroatoms.